The van der Waals surface area contributed by atoms with Gasteiger partial charge in [-0.2, -0.15) is 0 Å². The SMILES string of the molecule is CC(C)(C)c1cc(NC(=O)CN2C[C@@H](C(=O)N3CCCCC3)Oc3ccccc32)on1. The molecule has 1 N–H and O–H groups in total. The van der Waals surface area contributed by atoms with Crippen LogP contribution in [-0.2, 0) is 15.0 Å². The molecule has 1 atom stereocenters. The van der Waals surface area contributed by atoms with Crippen LogP contribution in [0.25, 0.3) is 0 Å². The van der Waals surface area contributed by atoms with E-state index in [0.29, 0.717) is 18.2 Å². The Morgan fingerprint density at radius 1 is 1.16 bits per heavy atom. The molecule has 2 aromatic rings. The first-order valence-corrected chi connectivity index (χ1v) is 10.9. The molecule has 1 saturated heterocycles. The van der Waals surface area contributed by atoms with E-state index in [-0.39, 0.29) is 23.8 Å². The van der Waals surface area contributed by atoms with Gasteiger partial charge in [0.1, 0.15) is 5.75 Å². The lowest BCUT2D eigenvalue weighted by molar-refractivity contribution is -0.139. The highest BCUT2D eigenvalue weighted by molar-refractivity contribution is 5.94. The van der Waals surface area contributed by atoms with E-state index in [1.165, 1.54) is 0 Å². The molecule has 166 valence electrons. The van der Waals surface area contributed by atoms with E-state index >= 15 is 0 Å². The van der Waals surface area contributed by atoms with Gasteiger partial charge in [-0.3, -0.25) is 14.9 Å². The molecule has 0 bridgehead atoms. The minimum Gasteiger partial charge on any atom is -0.477 e. The molecule has 1 fully saturated rings. The average Bonchev–Trinajstić information content (AvgIpc) is 3.22. The number of amides is 2. The number of para-hydroxylation sites is 2. The van der Waals surface area contributed by atoms with Crippen molar-refractivity contribution in [3.63, 3.8) is 0 Å². The number of piperidine rings is 1. The van der Waals surface area contributed by atoms with Gasteiger partial charge in [-0.25, -0.2) is 0 Å². The molecule has 1 aromatic heterocycles. The summed E-state index contributed by atoms with van der Waals surface area (Å²) in [7, 11) is 0. The minimum absolute atomic E-state index is 0.00957. The van der Waals surface area contributed by atoms with Crippen molar-refractivity contribution in [1.29, 1.82) is 0 Å². The predicted octanol–water partition coefficient (Wildman–Crippen LogP) is 3.19. The lowest BCUT2D eigenvalue weighted by Gasteiger charge is -2.38. The number of fused-ring (bicyclic) bond motifs is 1. The van der Waals surface area contributed by atoms with Crippen LogP contribution in [0.15, 0.2) is 34.9 Å². The summed E-state index contributed by atoms with van der Waals surface area (Å²) in [6, 6.07) is 9.24. The molecule has 0 saturated carbocycles. The van der Waals surface area contributed by atoms with E-state index in [9.17, 15) is 9.59 Å². The number of carbonyl (C=O) groups excluding carboxylic acids is 2. The third-order valence-electron chi connectivity index (χ3n) is 5.68. The topological polar surface area (TPSA) is 87.9 Å². The summed E-state index contributed by atoms with van der Waals surface area (Å²) in [5.74, 6) is 0.686. The molecule has 2 aliphatic heterocycles. The number of carbonyl (C=O) groups is 2. The molecule has 3 heterocycles. The van der Waals surface area contributed by atoms with Gasteiger partial charge < -0.3 is 19.1 Å². The fourth-order valence-electron chi connectivity index (χ4n) is 3.94. The van der Waals surface area contributed by atoms with Gasteiger partial charge in [-0.1, -0.05) is 38.1 Å². The third-order valence-corrected chi connectivity index (χ3v) is 5.68. The first kappa shape index (κ1) is 21.2. The van der Waals surface area contributed by atoms with Crippen molar-refractivity contribution in [2.45, 2.75) is 51.6 Å². The van der Waals surface area contributed by atoms with Gasteiger partial charge in [-0.05, 0) is 31.4 Å². The maximum atomic E-state index is 13.0. The number of nitrogens with one attached hydrogen (secondary N) is 1. The molecule has 1 aromatic carbocycles. The van der Waals surface area contributed by atoms with Crippen molar-refractivity contribution in [3.8, 4) is 5.75 Å². The van der Waals surface area contributed by atoms with Gasteiger partial charge in [0.05, 0.1) is 24.5 Å². The Balaban J connectivity index is 1.46. The quantitative estimate of drug-likeness (QED) is 0.808. The summed E-state index contributed by atoms with van der Waals surface area (Å²) in [4.78, 5) is 29.6. The van der Waals surface area contributed by atoms with Gasteiger partial charge in [0, 0.05) is 24.6 Å². The molecule has 0 aliphatic carbocycles. The van der Waals surface area contributed by atoms with Crippen LogP contribution >= 0.6 is 0 Å². The van der Waals surface area contributed by atoms with Crippen LogP contribution < -0.4 is 15.0 Å². The van der Waals surface area contributed by atoms with Gasteiger partial charge in [-0.15, -0.1) is 0 Å². The largest absolute Gasteiger partial charge is 0.477 e. The van der Waals surface area contributed by atoms with E-state index in [0.717, 1.165) is 43.7 Å². The van der Waals surface area contributed by atoms with Crippen molar-refractivity contribution in [2.24, 2.45) is 0 Å². The van der Waals surface area contributed by atoms with E-state index in [4.69, 9.17) is 9.26 Å². The molecule has 0 radical (unpaired) electrons. The van der Waals surface area contributed by atoms with E-state index in [2.05, 4.69) is 10.5 Å². The molecule has 0 unspecified atom stereocenters. The van der Waals surface area contributed by atoms with E-state index in [1.807, 2.05) is 54.8 Å². The number of benzene rings is 1. The van der Waals surface area contributed by atoms with Gasteiger partial charge >= 0.3 is 0 Å². The standard InChI is InChI=1S/C23H30N4O4/c1-23(2,3)19-13-21(31-25-19)24-20(28)15-27-14-18(22(29)26-11-7-4-8-12-26)30-17-10-6-5-9-16(17)27/h5-6,9-10,13,18H,4,7-8,11-12,14-15H2,1-3H3,(H,24,28)/t18-/m0/s1. The fraction of sp³-hybridized carbons (Fsp3) is 0.522. The fourth-order valence-corrected chi connectivity index (χ4v) is 3.94. The molecule has 2 aliphatic rings. The highest BCUT2D eigenvalue weighted by Gasteiger charge is 2.34. The first-order chi connectivity index (χ1) is 14.8. The number of likely N-dealkylation sites (tertiary alicyclic amines) is 1. The molecule has 8 nitrogen and oxygen atoms in total. The van der Waals surface area contributed by atoms with Crippen molar-refractivity contribution >= 4 is 23.4 Å². The number of aromatic nitrogens is 1. The number of hydrogen-bond donors (Lipinski definition) is 1. The van der Waals surface area contributed by atoms with Crippen molar-refractivity contribution < 1.29 is 18.8 Å². The summed E-state index contributed by atoms with van der Waals surface area (Å²) < 4.78 is 11.3. The summed E-state index contributed by atoms with van der Waals surface area (Å²) in [6.07, 6.45) is 2.57. The Morgan fingerprint density at radius 2 is 1.90 bits per heavy atom. The Labute approximate surface area is 182 Å². The molecule has 31 heavy (non-hydrogen) atoms. The van der Waals surface area contributed by atoms with Crippen LogP contribution in [-0.4, -0.2) is 54.2 Å². The molecular formula is C23H30N4O4. The zero-order valence-corrected chi connectivity index (χ0v) is 18.4. The van der Waals surface area contributed by atoms with Crippen LogP contribution in [0.5, 0.6) is 5.75 Å². The molecule has 0 spiro atoms. The van der Waals surface area contributed by atoms with Gasteiger partial charge in [0.15, 0.2) is 6.10 Å². The van der Waals surface area contributed by atoms with Crippen molar-refractivity contribution in [2.75, 3.05) is 36.4 Å². The zero-order valence-electron chi connectivity index (χ0n) is 18.4. The van der Waals surface area contributed by atoms with Gasteiger partial charge in [0.25, 0.3) is 5.91 Å². The maximum absolute atomic E-state index is 13.0. The normalized spacial score (nSPS) is 18.9. The Hall–Kier alpha value is -3.03. The Bertz CT molecular complexity index is 943. The minimum atomic E-state index is -0.626. The second-order valence-electron chi connectivity index (χ2n) is 9.22. The van der Waals surface area contributed by atoms with Gasteiger partial charge in [0.2, 0.25) is 11.8 Å². The van der Waals surface area contributed by atoms with Crippen LogP contribution in [0.2, 0.25) is 0 Å². The highest BCUT2D eigenvalue weighted by atomic mass is 16.5. The molecule has 2 amide bonds. The molecule has 4 rings (SSSR count). The van der Waals surface area contributed by atoms with E-state index < -0.39 is 6.10 Å². The smallest absolute Gasteiger partial charge is 0.265 e. The number of hydrogen-bond acceptors (Lipinski definition) is 6. The van der Waals surface area contributed by atoms with E-state index in [1.54, 1.807) is 6.07 Å². The maximum Gasteiger partial charge on any atom is 0.265 e. The monoisotopic (exact) mass is 426 g/mol. The Kier molecular flexibility index (Phi) is 5.89. The lowest BCUT2D eigenvalue weighted by Crippen LogP contribution is -2.52. The summed E-state index contributed by atoms with van der Waals surface area (Å²) in [5, 5.41) is 6.81. The van der Waals surface area contributed by atoms with Crippen LogP contribution in [0, 0.1) is 0 Å². The zero-order chi connectivity index (χ0) is 22.0. The second-order valence-corrected chi connectivity index (χ2v) is 9.22. The number of nitrogens with zero attached hydrogens (tertiary/aromatic N) is 3. The third kappa shape index (κ3) is 4.84. The highest BCUT2D eigenvalue weighted by Crippen LogP contribution is 2.33. The summed E-state index contributed by atoms with van der Waals surface area (Å²) in [6.45, 7) is 8.02. The van der Waals surface area contributed by atoms with Crippen molar-refractivity contribution in [1.82, 2.24) is 10.1 Å². The number of anilines is 2. The first-order valence-electron chi connectivity index (χ1n) is 10.9. The molecule has 8 heteroatoms. The summed E-state index contributed by atoms with van der Waals surface area (Å²) >= 11 is 0. The number of rotatable bonds is 4. The summed E-state index contributed by atoms with van der Waals surface area (Å²) in [5.41, 5.74) is 1.40. The lowest BCUT2D eigenvalue weighted by atomic mass is 9.92. The van der Waals surface area contributed by atoms with Crippen molar-refractivity contribution in [3.05, 3.63) is 36.0 Å². The second kappa shape index (κ2) is 8.61. The average molecular weight is 427 g/mol. The molecular weight excluding hydrogens is 396 g/mol. The Morgan fingerprint density at radius 3 is 2.61 bits per heavy atom. The number of ether oxygens (including phenoxy) is 1. The van der Waals surface area contributed by atoms with Crippen LogP contribution in [0.3, 0.4) is 0 Å². The van der Waals surface area contributed by atoms with Crippen LogP contribution in [0.4, 0.5) is 11.6 Å². The van der Waals surface area contributed by atoms with Crippen LogP contribution in [0.1, 0.15) is 45.7 Å². The predicted molar refractivity (Wildman–Crippen MR) is 117 cm³/mol.